The van der Waals surface area contributed by atoms with Crippen LogP contribution in [0.1, 0.15) is 47.8 Å². The topological polar surface area (TPSA) is 87.6 Å². The van der Waals surface area contributed by atoms with Crippen LogP contribution in [0.25, 0.3) is 0 Å². The maximum atomic E-state index is 11.8. The summed E-state index contributed by atoms with van der Waals surface area (Å²) in [5.41, 5.74) is -0.532. The van der Waals surface area contributed by atoms with Gasteiger partial charge in [-0.05, 0) is 48.5 Å². The highest BCUT2D eigenvalue weighted by Gasteiger charge is 2.56. The van der Waals surface area contributed by atoms with Gasteiger partial charge in [0.15, 0.2) is 33.7 Å². The fraction of sp³-hybridized carbons (Fsp3) is 0.850. The average molecular weight is 488 g/mol. The predicted molar refractivity (Wildman–Crippen MR) is 127 cm³/mol. The van der Waals surface area contributed by atoms with Gasteiger partial charge in [-0.15, -0.1) is 4.98 Å². The molecule has 1 N–H and O–H groups in total. The number of nitrogens with zero attached hydrogens (tertiary/aromatic N) is 2. The number of aromatic nitrogens is 3. The molecule has 1 aromatic rings. The molecular weight excluding hydrogens is 450 g/mol. The summed E-state index contributed by atoms with van der Waals surface area (Å²) in [5.74, 6) is 0. The van der Waals surface area contributed by atoms with Crippen molar-refractivity contribution in [3.8, 4) is 6.01 Å². The van der Waals surface area contributed by atoms with E-state index in [0.29, 0.717) is 6.61 Å². The number of nitrogens with one attached hydrogen (secondary N) is 1. The molecule has 0 bridgehead atoms. The van der Waals surface area contributed by atoms with Crippen LogP contribution in [-0.2, 0) is 13.6 Å². The summed E-state index contributed by atoms with van der Waals surface area (Å²) in [6, 6.07) is 0.177. The van der Waals surface area contributed by atoms with E-state index < -0.39 is 34.7 Å². The Morgan fingerprint density at radius 1 is 1.10 bits per heavy atom. The van der Waals surface area contributed by atoms with Crippen molar-refractivity contribution in [3.63, 3.8) is 0 Å². The minimum atomic E-state index is -2.14. The van der Waals surface area contributed by atoms with Gasteiger partial charge in [0, 0.05) is 0 Å². The van der Waals surface area contributed by atoms with Crippen LogP contribution < -0.4 is 10.4 Å². The highest BCUT2D eigenvalue weighted by Crippen LogP contribution is 2.45. The molecule has 31 heavy (non-hydrogen) atoms. The van der Waals surface area contributed by atoms with Gasteiger partial charge in [-0.1, -0.05) is 41.5 Å². The molecule has 1 saturated heterocycles. The third-order valence-corrected chi connectivity index (χ3v) is 16.5. The Morgan fingerprint density at radius 3 is 2.23 bits per heavy atom. The van der Waals surface area contributed by atoms with Crippen molar-refractivity contribution in [2.45, 2.75) is 102 Å². The second kappa shape index (κ2) is 7.87. The van der Waals surface area contributed by atoms with Gasteiger partial charge >= 0.3 is 11.7 Å². The Labute approximate surface area is 191 Å². The summed E-state index contributed by atoms with van der Waals surface area (Å²) < 4.78 is 27.7. The van der Waals surface area contributed by atoms with E-state index in [1.807, 2.05) is 0 Å². The Balaban J connectivity index is 1.92. The second-order valence-electron chi connectivity index (χ2n) is 11.6. The average Bonchev–Trinajstić information content (AvgIpc) is 3.07. The first-order valence-corrected chi connectivity index (χ1v) is 17.0. The lowest BCUT2D eigenvalue weighted by Crippen LogP contribution is -2.51. The molecule has 3 heterocycles. The van der Waals surface area contributed by atoms with Crippen LogP contribution >= 0.6 is 12.2 Å². The zero-order valence-electron chi connectivity index (χ0n) is 20.4. The van der Waals surface area contributed by atoms with E-state index in [9.17, 15) is 4.79 Å². The van der Waals surface area contributed by atoms with E-state index in [4.69, 9.17) is 30.5 Å². The van der Waals surface area contributed by atoms with Crippen molar-refractivity contribution in [1.82, 2.24) is 14.5 Å². The lowest BCUT2D eigenvalue weighted by Gasteiger charge is -2.41. The van der Waals surface area contributed by atoms with E-state index in [0.717, 1.165) is 0 Å². The van der Waals surface area contributed by atoms with Gasteiger partial charge in [-0.25, -0.2) is 9.36 Å². The standard InChI is InChI=1S/C20H37N3O5SSi2/c1-19(2,3)30(7,8)25-11-12-13(28-31(9,10)20(4,5)6)14-15(26-12)23-17(27-14)21-16(24)22-18(23)29/h12-15H,11H2,1-10H3,(H,22,24,29)/t12-,13-,14+,15-/m1/s1. The van der Waals surface area contributed by atoms with Crippen LogP contribution in [0.2, 0.25) is 36.3 Å². The molecule has 8 nitrogen and oxygen atoms in total. The number of ether oxygens (including phenoxy) is 2. The van der Waals surface area contributed by atoms with Gasteiger partial charge in [0.05, 0.1) is 6.61 Å². The maximum absolute atomic E-state index is 11.8. The number of aromatic amines is 1. The molecule has 2 aliphatic heterocycles. The van der Waals surface area contributed by atoms with Crippen LogP contribution in [0.15, 0.2) is 4.79 Å². The fourth-order valence-corrected chi connectivity index (χ4v) is 5.78. The molecule has 0 aromatic carbocycles. The van der Waals surface area contributed by atoms with E-state index in [1.165, 1.54) is 0 Å². The molecule has 0 radical (unpaired) electrons. The van der Waals surface area contributed by atoms with E-state index in [2.05, 4.69) is 77.7 Å². The first-order valence-electron chi connectivity index (χ1n) is 10.8. The minimum absolute atomic E-state index is 0.0198. The van der Waals surface area contributed by atoms with Crippen molar-refractivity contribution in [1.29, 1.82) is 0 Å². The molecule has 11 heteroatoms. The van der Waals surface area contributed by atoms with Crippen molar-refractivity contribution >= 4 is 28.9 Å². The quantitative estimate of drug-likeness (QED) is 0.487. The van der Waals surface area contributed by atoms with E-state index in [1.54, 1.807) is 4.57 Å². The van der Waals surface area contributed by atoms with Crippen molar-refractivity contribution < 1.29 is 18.3 Å². The molecule has 1 fully saturated rings. The number of rotatable bonds is 5. The van der Waals surface area contributed by atoms with Crippen LogP contribution in [-0.4, -0.2) is 56.1 Å². The number of hydrogen-bond donors (Lipinski definition) is 1. The molecule has 0 saturated carbocycles. The van der Waals surface area contributed by atoms with Gasteiger partial charge < -0.3 is 18.3 Å². The summed E-state index contributed by atoms with van der Waals surface area (Å²) in [6.07, 6.45) is -1.59. The molecule has 0 unspecified atom stereocenters. The maximum Gasteiger partial charge on any atom is 0.351 e. The van der Waals surface area contributed by atoms with Crippen molar-refractivity contribution in [2.75, 3.05) is 6.61 Å². The first-order chi connectivity index (χ1) is 13.9. The minimum Gasteiger partial charge on any atom is -0.453 e. The Morgan fingerprint density at radius 2 is 1.68 bits per heavy atom. The van der Waals surface area contributed by atoms with Gasteiger partial charge in [0.2, 0.25) is 0 Å². The summed E-state index contributed by atoms with van der Waals surface area (Å²) in [4.78, 5) is 18.3. The molecule has 0 amide bonds. The molecule has 2 aliphatic rings. The van der Waals surface area contributed by atoms with Crippen LogP contribution in [0.3, 0.4) is 0 Å². The highest BCUT2D eigenvalue weighted by molar-refractivity contribution is 7.71. The fourth-order valence-electron chi connectivity index (χ4n) is 3.18. The molecule has 4 atom stereocenters. The van der Waals surface area contributed by atoms with Crippen LogP contribution in [0.4, 0.5) is 0 Å². The first kappa shape index (κ1) is 24.8. The van der Waals surface area contributed by atoms with Gasteiger partial charge in [0.1, 0.15) is 12.2 Å². The molecule has 176 valence electrons. The van der Waals surface area contributed by atoms with E-state index >= 15 is 0 Å². The summed E-state index contributed by atoms with van der Waals surface area (Å²) >= 11 is 5.36. The summed E-state index contributed by atoms with van der Waals surface area (Å²) in [7, 11) is -4.12. The smallest absolute Gasteiger partial charge is 0.351 e. The lowest BCUT2D eigenvalue weighted by atomic mass is 10.1. The van der Waals surface area contributed by atoms with E-state index in [-0.39, 0.29) is 33.1 Å². The summed E-state index contributed by atoms with van der Waals surface area (Å²) in [6.45, 7) is 22.5. The van der Waals surface area contributed by atoms with Gasteiger partial charge in [-0.2, -0.15) is 0 Å². The Kier molecular flexibility index (Phi) is 6.29. The van der Waals surface area contributed by atoms with Gasteiger partial charge in [-0.3, -0.25) is 4.98 Å². The Hall–Kier alpha value is -0.856. The Bertz CT molecular complexity index is 948. The van der Waals surface area contributed by atoms with Crippen LogP contribution in [0, 0.1) is 4.77 Å². The normalized spacial score (nSPS) is 26.5. The van der Waals surface area contributed by atoms with Crippen LogP contribution in [0.5, 0.6) is 6.01 Å². The highest BCUT2D eigenvalue weighted by atomic mass is 32.1. The lowest BCUT2D eigenvalue weighted by molar-refractivity contribution is -0.0392. The largest absolute Gasteiger partial charge is 0.453 e. The van der Waals surface area contributed by atoms with Crippen molar-refractivity contribution in [2.24, 2.45) is 0 Å². The third-order valence-electron chi connectivity index (χ3n) is 7.27. The molecular formula is C20H37N3O5SSi2. The van der Waals surface area contributed by atoms with Crippen molar-refractivity contribution in [3.05, 3.63) is 15.3 Å². The number of fused-ring (bicyclic) bond motifs is 3. The third kappa shape index (κ3) is 4.62. The number of H-pyrrole nitrogens is 1. The molecule has 0 spiro atoms. The zero-order chi connectivity index (χ0) is 23.6. The molecule has 1 aromatic heterocycles. The molecule has 0 aliphatic carbocycles. The summed E-state index contributed by atoms with van der Waals surface area (Å²) in [5, 5.41) is 0.109. The van der Waals surface area contributed by atoms with Gasteiger partial charge in [0.25, 0.3) is 0 Å². The number of hydrogen-bond acceptors (Lipinski definition) is 7. The predicted octanol–water partition coefficient (Wildman–Crippen LogP) is 4.37. The SMILES string of the molecule is CC(C)(C)[Si](C)(C)OC[C@H]1O[C@@H]2[C@@H](Oc3nc(=O)[nH]c(=S)n32)[C@@H]1O[Si](C)(C)C(C)(C)C. The monoisotopic (exact) mass is 487 g/mol. The molecule has 3 rings (SSSR count). The zero-order valence-corrected chi connectivity index (χ0v) is 23.2. The second-order valence-corrected chi connectivity index (χ2v) is 21.5.